The van der Waals surface area contributed by atoms with Crippen LogP contribution in [0.15, 0.2) is 54.1 Å². The number of ketones is 1. The summed E-state index contributed by atoms with van der Waals surface area (Å²) in [5.41, 5.74) is 2.17. The van der Waals surface area contributed by atoms with Crippen LogP contribution in [0.3, 0.4) is 0 Å². The molecule has 6 heteroatoms. The van der Waals surface area contributed by atoms with Gasteiger partial charge in [0.25, 0.3) is 11.7 Å². The highest BCUT2D eigenvalue weighted by Crippen LogP contribution is 2.39. The third kappa shape index (κ3) is 4.80. The lowest BCUT2D eigenvalue weighted by molar-refractivity contribution is -0.140. The Labute approximate surface area is 183 Å². The van der Waals surface area contributed by atoms with Crippen LogP contribution in [0.25, 0.3) is 5.76 Å². The monoisotopic (exact) mass is 423 g/mol. The summed E-state index contributed by atoms with van der Waals surface area (Å²) >= 11 is 0. The van der Waals surface area contributed by atoms with Crippen LogP contribution in [0, 0.1) is 6.92 Å². The zero-order chi connectivity index (χ0) is 22.5. The standard InChI is InChI=1S/C25H29NO5/c1-16(2)31-14-8-13-26-22(18-9-6-5-7-10-18)21(24(28)25(26)29)23(27)19-11-12-20(30-4)17(3)15-19/h5-7,9-12,15-16,22,27H,8,13-14H2,1-4H3/b23-21-. The van der Waals surface area contributed by atoms with Gasteiger partial charge in [-0.25, -0.2) is 0 Å². The van der Waals surface area contributed by atoms with E-state index in [1.165, 1.54) is 4.90 Å². The van der Waals surface area contributed by atoms with Crippen molar-refractivity contribution in [3.8, 4) is 5.75 Å². The predicted molar refractivity (Wildman–Crippen MR) is 119 cm³/mol. The van der Waals surface area contributed by atoms with Crippen LogP contribution >= 0.6 is 0 Å². The van der Waals surface area contributed by atoms with Gasteiger partial charge in [0.15, 0.2) is 0 Å². The maximum absolute atomic E-state index is 13.0. The summed E-state index contributed by atoms with van der Waals surface area (Å²) in [7, 11) is 1.58. The van der Waals surface area contributed by atoms with Gasteiger partial charge in [0.05, 0.1) is 24.8 Å². The third-order valence-electron chi connectivity index (χ3n) is 5.32. The van der Waals surface area contributed by atoms with Crippen LogP contribution in [-0.4, -0.2) is 48.1 Å². The van der Waals surface area contributed by atoms with E-state index in [2.05, 4.69) is 0 Å². The van der Waals surface area contributed by atoms with E-state index in [0.29, 0.717) is 30.9 Å². The van der Waals surface area contributed by atoms with E-state index in [-0.39, 0.29) is 17.4 Å². The SMILES string of the molecule is COc1ccc(/C(O)=C2/C(=O)C(=O)N(CCCOC(C)C)C2c2ccccc2)cc1C. The first kappa shape index (κ1) is 22.6. The van der Waals surface area contributed by atoms with Crippen LogP contribution in [-0.2, 0) is 14.3 Å². The Kier molecular flexibility index (Phi) is 7.13. The van der Waals surface area contributed by atoms with Gasteiger partial charge >= 0.3 is 0 Å². The van der Waals surface area contributed by atoms with Gasteiger partial charge in [-0.2, -0.15) is 0 Å². The molecule has 1 saturated heterocycles. The number of carbonyl (C=O) groups is 2. The van der Waals surface area contributed by atoms with Crippen LogP contribution < -0.4 is 4.74 Å². The molecule has 1 unspecified atom stereocenters. The second kappa shape index (κ2) is 9.79. The summed E-state index contributed by atoms with van der Waals surface area (Å²) in [4.78, 5) is 27.4. The van der Waals surface area contributed by atoms with Crippen LogP contribution in [0.5, 0.6) is 5.75 Å². The average molecular weight is 424 g/mol. The molecule has 1 heterocycles. The van der Waals surface area contributed by atoms with Gasteiger partial charge in [0.2, 0.25) is 0 Å². The van der Waals surface area contributed by atoms with E-state index in [1.54, 1.807) is 25.3 Å². The number of aryl methyl sites for hydroxylation is 1. The van der Waals surface area contributed by atoms with E-state index in [4.69, 9.17) is 9.47 Å². The highest BCUT2D eigenvalue weighted by Gasteiger charge is 2.45. The van der Waals surface area contributed by atoms with E-state index < -0.39 is 17.7 Å². The van der Waals surface area contributed by atoms with E-state index in [1.807, 2.05) is 51.1 Å². The summed E-state index contributed by atoms with van der Waals surface area (Å²) in [6.07, 6.45) is 0.689. The zero-order valence-electron chi connectivity index (χ0n) is 18.4. The fourth-order valence-electron chi connectivity index (χ4n) is 3.83. The molecule has 31 heavy (non-hydrogen) atoms. The molecule has 164 valence electrons. The van der Waals surface area contributed by atoms with E-state index >= 15 is 0 Å². The Morgan fingerprint density at radius 3 is 2.45 bits per heavy atom. The van der Waals surface area contributed by atoms with Crippen LogP contribution in [0.2, 0.25) is 0 Å². The maximum atomic E-state index is 13.0. The van der Waals surface area contributed by atoms with Crippen molar-refractivity contribution in [1.29, 1.82) is 0 Å². The number of hydrogen-bond donors (Lipinski definition) is 1. The van der Waals surface area contributed by atoms with Gasteiger partial charge in [-0.3, -0.25) is 9.59 Å². The fraction of sp³-hybridized carbons (Fsp3) is 0.360. The molecule has 0 radical (unpaired) electrons. The summed E-state index contributed by atoms with van der Waals surface area (Å²) in [6, 6.07) is 13.8. The van der Waals surface area contributed by atoms with Gasteiger partial charge in [0, 0.05) is 18.7 Å². The molecule has 1 atom stereocenters. The maximum Gasteiger partial charge on any atom is 0.295 e. The third-order valence-corrected chi connectivity index (χ3v) is 5.32. The van der Waals surface area contributed by atoms with Crippen molar-refractivity contribution >= 4 is 17.4 Å². The molecule has 1 aliphatic heterocycles. The molecule has 2 aromatic rings. The fourth-order valence-corrected chi connectivity index (χ4v) is 3.83. The number of Topliss-reactive ketones (excluding diaryl/α,β-unsaturated/α-hetero) is 1. The minimum atomic E-state index is -0.676. The number of methoxy groups -OCH3 is 1. The Morgan fingerprint density at radius 1 is 1.13 bits per heavy atom. The van der Waals surface area contributed by atoms with Gasteiger partial charge in [-0.15, -0.1) is 0 Å². The van der Waals surface area contributed by atoms with E-state index in [9.17, 15) is 14.7 Å². The molecule has 1 N–H and O–H groups in total. The first-order valence-corrected chi connectivity index (χ1v) is 10.4. The molecule has 3 rings (SSSR count). The summed E-state index contributed by atoms with van der Waals surface area (Å²) in [6.45, 7) is 6.60. The van der Waals surface area contributed by atoms with Crippen molar-refractivity contribution in [2.75, 3.05) is 20.3 Å². The molecular weight excluding hydrogens is 394 g/mol. The smallest absolute Gasteiger partial charge is 0.295 e. The van der Waals surface area contributed by atoms with Crippen molar-refractivity contribution in [2.45, 2.75) is 39.3 Å². The normalized spacial score (nSPS) is 18.1. The molecule has 0 aliphatic carbocycles. The summed E-state index contributed by atoms with van der Waals surface area (Å²) in [5.74, 6) is -0.782. The largest absolute Gasteiger partial charge is 0.507 e. The first-order valence-electron chi connectivity index (χ1n) is 10.4. The lowest BCUT2D eigenvalue weighted by Gasteiger charge is -2.25. The Bertz CT molecular complexity index is 981. The first-order chi connectivity index (χ1) is 14.8. The molecule has 0 spiro atoms. The van der Waals surface area contributed by atoms with Crippen molar-refractivity contribution in [2.24, 2.45) is 0 Å². The molecule has 1 amide bonds. The second-order valence-corrected chi connectivity index (χ2v) is 7.86. The van der Waals surface area contributed by atoms with Gasteiger partial charge in [-0.1, -0.05) is 30.3 Å². The number of nitrogens with zero attached hydrogens (tertiary/aromatic N) is 1. The highest BCUT2D eigenvalue weighted by molar-refractivity contribution is 6.46. The second-order valence-electron chi connectivity index (χ2n) is 7.86. The summed E-state index contributed by atoms with van der Waals surface area (Å²) < 4.78 is 10.9. The number of likely N-dealkylation sites (tertiary alicyclic amines) is 1. The lowest BCUT2D eigenvalue weighted by atomic mass is 9.95. The van der Waals surface area contributed by atoms with Gasteiger partial charge in [0.1, 0.15) is 11.5 Å². The molecular formula is C25H29NO5. The molecule has 1 fully saturated rings. The van der Waals surface area contributed by atoms with Crippen molar-refractivity contribution in [1.82, 2.24) is 4.90 Å². The van der Waals surface area contributed by atoms with E-state index in [0.717, 1.165) is 11.1 Å². The number of carbonyl (C=O) groups excluding carboxylic acids is 2. The molecule has 0 bridgehead atoms. The molecule has 1 aliphatic rings. The predicted octanol–water partition coefficient (Wildman–Crippen LogP) is 4.24. The number of aliphatic hydroxyl groups excluding tert-OH is 1. The number of amides is 1. The number of ether oxygens (including phenoxy) is 2. The van der Waals surface area contributed by atoms with Gasteiger partial charge in [-0.05, 0) is 56.5 Å². The average Bonchev–Trinajstić information content (AvgIpc) is 3.01. The van der Waals surface area contributed by atoms with Crippen molar-refractivity contribution in [3.05, 3.63) is 70.8 Å². The lowest BCUT2D eigenvalue weighted by Crippen LogP contribution is -2.31. The van der Waals surface area contributed by atoms with Crippen LogP contribution in [0.4, 0.5) is 0 Å². The Morgan fingerprint density at radius 2 is 1.84 bits per heavy atom. The molecule has 2 aromatic carbocycles. The Hall–Kier alpha value is -3.12. The highest BCUT2D eigenvalue weighted by atomic mass is 16.5. The number of benzene rings is 2. The topological polar surface area (TPSA) is 76.1 Å². The number of aliphatic hydroxyl groups is 1. The van der Waals surface area contributed by atoms with Gasteiger partial charge < -0.3 is 19.5 Å². The minimum absolute atomic E-state index is 0.0960. The Balaban J connectivity index is 2.02. The number of rotatable bonds is 8. The molecule has 6 nitrogen and oxygen atoms in total. The molecule has 0 aromatic heterocycles. The van der Waals surface area contributed by atoms with Crippen molar-refractivity contribution in [3.63, 3.8) is 0 Å². The van der Waals surface area contributed by atoms with Crippen molar-refractivity contribution < 1.29 is 24.2 Å². The van der Waals surface area contributed by atoms with Crippen LogP contribution in [0.1, 0.15) is 43.0 Å². The minimum Gasteiger partial charge on any atom is -0.507 e. The quantitative estimate of drug-likeness (QED) is 0.297. The zero-order valence-corrected chi connectivity index (χ0v) is 18.4. The summed E-state index contributed by atoms with van der Waals surface area (Å²) in [5, 5.41) is 11.1. The number of hydrogen-bond acceptors (Lipinski definition) is 5. The molecule has 0 saturated carbocycles.